The van der Waals surface area contributed by atoms with Crippen molar-refractivity contribution < 1.29 is 13.2 Å². The molecule has 2 aromatic carbocycles. The fourth-order valence-corrected chi connectivity index (χ4v) is 5.26. The fourth-order valence-electron chi connectivity index (χ4n) is 3.43. The van der Waals surface area contributed by atoms with Crippen LogP contribution in [-0.4, -0.2) is 44.3 Å². The summed E-state index contributed by atoms with van der Waals surface area (Å²) in [6.45, 7) is 6.84. The number of carbonyl (C=O) groups is 1. The van der Waals surface area contributed by atoms with Gasteiger partial charge in [-0.1, -0.05) is 23.7 Å². The number of hydrogen-bond donors (Lipinski definition) is 1. The van der Waals surface area contributed by atoms with Crippen LogP contribution in [0.4, 0.5) is 11.4 Å². The van der Waals surface area contributed by atoms with Crippen molar-refractivity contribution in [2.45, 2.75) is 31.7 Å². The first-order chi connectivity index (χ1) is 13.2. The molecule has 3 rings (SSSR count). The lowest BCUT2D eigenvalue weighted by atomic mass is 10.1. The molecule has 1 N–H and O–H groups in total. The molecule has 0 aliphatic carbocycles. The number of rotatable bonds is 4. The van der Waals surface area contributed by atoms with E-state index in [1.54, 1.807) is 0 Å². The number of sulfonamides is 1. The second-order valence-corrected chi connectivity index (χ2v) is 9.41. The van der Waals surface area contributed by atoms with Crippen LogP contribution in [0.15, 0.2) is 47.4 Å². The van der Waals surface area contributed by atoms with Crippen molar-refractivity contribution in [3.05, 3.63) is 53.1 Å². The van der Waals surface area contributed by atoms with Crippen molar-refractivity contribution in [1.29, 1.82) is 0 Å². The maximum Gasteiger partial charge on any atom is 0.243 e. The highest BCUT2D eigenvalue weighted by Crippen LogP contribution is 2.29. The third-order valence-corrected chi connectivity index (χ3v) is 6.99. The molecule has 1 atom stereocenters. The number of piperazine rings is 1. The highest BCUT2D eigenvalue weighted by molar-refractivity contribution is 7.89. The van der Waals surface area contributed by atoms with Gasteiger partial charge in [0, 0.05) is 38.3 Å². The second kappa shape index (κ2) is 8.11. The van der Waals surface area contributed by atoms with E-state index in [4.69, 9.17) is 11.6 Å². The second-order valence-electron chi connectivity index (χ2n) is 7.07. The highest BCUT2D eigenvalue weighted by atomic mass is 35.5. The number of halogens is 1. The number of amides is 1. The number of carbonyl (C=O) groups excluding carboxylic acids is 1. The third kappa shape index (κ3) is 4.32. The molecule has 0 spiro atoms. The average molecular weight is 422 g/mol. The van der Waals surface area contributed by atoms with Crippen molar-refractivity contribution in [2.24, 2.45) is 0 Å². The van der Waals surface area contributed by atoms with E-state index >= 15 is 0 Å². The number of benzene rings is 2. The number of hydrogen-bond acceptors (Lipinski definition) is 4. The normalized spacial score (nSPS) is 18.1. The zero-order valence-electron chi connectivity index (χ0n) is 16.1. The fraction of sp³-hybridized carbons (Fsp3) is 0.350. The molecule has 0 aromatic heterocycles. The van der Waals surface area contributed by atoms with Gasteiger partial charge in [0.15, 0.2) is 0 Å². The number of aryl methyl sites for hydroxylation is 1. The summed E-state index contributed by atoms with van der Waals surface area (Å²) in [6.07, 6.45) is 0. The molecule has 8 heteroatoms. The summed E-state index contributed by atoms with van der Waals surface area (Å²) < 4.78 is 27.6. The maximum atomic E-state index is 13.1. The molecule has 1 fully saturated rings. The van der Waals surface area contributed by atoms with Gasteiger partial charge >= 0.3 is 0 Å². The summed E-state index contributed by atoms with van der Waals surface area (Å²) in [6, 6.07) is 12.6. The highest BCUT2D eigenvalue weighted by Gasteiger charge is 2.32. The minimum absolute atomic E-state index is 0.0412. The van der Waals surface area contributed by atoms with Gasteiger partial charge in [0.2, 0.25) is 15.9 Å². The molecule has 0 radical (unpaired) electrons. The minimum atomic E-state index is -3.67. The summed E-state index contributed by atoms with van der Waals surface area (Å²) >= 11 is 6.16. The van der Waals surface area contributed by atoms with E-state index in [9.17, 15) is 13.2 Å². The van der Waals surface area contributed by atoms with Gasteiger partial charge in [0.25, 0.3) is 0 Å². The zero-order chi connectivity index (χ0) is 20.5. The van der Waals surface area contributed by atoms with Crippen LogP contribution in [0.3, 0.4) is 0 Å². The predicted molar refractivity (Wildman–Crippen MR) is 113 cm³/mol. The van der Waals surface area contributed by atoms with Crippen LogP contribution in [0.2, 0.25) is 5.02 Å². The maximum absolute atomic E-state index is 13.1. The molecule has 2 aromatic rings. The van der Waals surface area contributed by atoms with Crippen LogP contribution in [-0.2, 0) is 14.8 Å². The first-order valence-corrected chi connectivity index (χ1v) is 10.9. The lowest BCUT2D eigenvalue weighted by Gasteiger charge is -2.40. The molecule has 1 heterocycles. The molecule has 1 saturated heterocycles. The topological polar surface area (TPSA) is 69.7 Å². The van der Waals surface area contributed by atoms with E-state index in [1.165, 1.54) is 35.0 Å². The van der Waals surface area contributed by atoms with Crippen molar-refractivity contribution >= 4 is 38.9 Å². The Balaban J connectivity index is 1.78. The minimum Gasteiger partial charge on any atom is -0.366 e. The summed E-state index contributed by atoms with van der Waals surface area (Å²) in [5.41, 5.74) is 2.67. The summed E-state index contributed by atoms with van der Waals surface area (Å²) in [5.74, 6) is -0.265. The van der Waals surface area contributed by atoms with E-state index in [2.05, 4.69) is 16.3 Å². The van der Waals surface area contributed by atoms with E-state index in [-0.39, 0.29) is 21.9 Å². The standard InChI is InChI=1S/C20H24ClN3O3S/c1-14-5-4-6-17(11-14)24-10-9-23(13-15(24)2)28(26,27)18-7-8-20(19(21)12-18)22-16(3)25/h4-8,11-12,15H,9-10,13H2,1-3H3,(H,22,25). The third-order valence-electron chi connectivity index (χ3n) is 4.81. The van der Waals surface area contributed by atoms with Crippen molar-refractivity contribution in [2.75, 3.05) is 29.9 Å². The Bertz CT molecular complexity index is 994. The lowest BCUT2D eigenvalue weighted by Crippen LogP contribution is -2.53. The Kier molecular flexibility index (Phi) is 5.98. The monoisotopic (exact) mass is 421 g/mol. The van der Waals surface area contributed by atoms with Crippen LogP contribution < -0.4 is 10.2 Å². The number of anilines is 2. The first kappa shape index (κ1) is 20.6. The smallest absolute Gasteiger partial charge is 0.243 e. The van der Waals surface area contributed by atoms with Gasteiger partial charge in [-0.15, -0.1) is 0 Å². The van der Waals surface area contributed by atoms with E-state index in [0.29, 0.717) is 25.3 Å². The largest absolute Gasteiger partial charge is 0.366 e. The zero-order valence-corrected chi connectivity index (χ0v) is 17.7. The molecule has 1 aliphatic heterocycles. The van der Waals surface area contributed by atoms with Gasteiger partial charge < -0.3 is 10.2 Å². The molecule has 0 bridgehead atoms. The Labute approximate surface area is 171 Å². The van der Waals surface area contributed by atoms with Gasteiger partial charge in [0.1, 0.15) is 0 Å². The Morgan fingerprint density at radius 2 is 1.93 bits per heavy atom. The van der Waals surface area contributed by atoms with Crippen molar-refractivity contribution in [3.8, 4) is 0 Å². The van der Waals surface area contributed by atoms with Crippen molar-refractivity contribution in [3.63, 3.8) is 0 Å². The Morgan fingerprint density at radius 1 is 1.18 bits per heavy atom. The molecule has 1 aliphatic rings. The molecular weight excluding hydrogens is 398 g/mol. The van der Waals surface area contributed by atoms with Gasteiger partial charge in [-0.05, 0) is 49.7 Å². The molecule has 28 heavy (non-hydrogen) atoms. The molecule has 6 nitrogen and oxygen atoms in total. The van der Waals surface area contributed by atoms with E-state index in [1.807, 2.05) is 32.0 Å². The van der Waals surface area contributed by atoms with Gasteiger partial charge in [-0.2, -0.15) is 4.31 Å². The Hall–Kier alpha value is -2.09. The van der Waals surface area contributed by atoms with Gasteiger partial charge in [-0.3, -0.25) is 4.79 Å². The Morgan fingerprint density at radius 3 is 2.54 bits per heavy atom. The van der Waals surface area contributed by atoms with Crippen LogP contribution in [0.25, 0.3) is 0 Å². The quantitative estimate of drug-likeness (QED) is 0.820. The van der Waals surface area contributed by atoms with Crippen LogP contribution in [0.5, 0.6) is 0 Å². The van der Waals surface area contributed by atoms with Gasteiger partial charge in [0.05, 0.1) is 15.6 Å². The van der Waals surface area contributed by atoms with E-state index < -0.39 is 10.0 Å². The van der Waals surface area contributed by atoms with E-state index in [0.717, 1.165) is 5.69 Å². The molecule has 1 amide bonds. The van der Waals surface area contributed by atoms with Crippen molar-refractivity contribution in [1.82, 2.24) is 4.31 Å². The summed E-state index contributed by atoms with van der Waals surface area (Å²) in [4.78, 5) is 13.6. The molecule has 1 unspecified atom stereocenters. The SMILES string of the molecule is CC(=O)Nc1ccc(S(=O)(=O)N2CCN(c3cccc(C)c3)C(C)C2)cc1Cl. The van der Waals surface area contributed by atoms with Crippen LogP contribution in [0.1, 0.15) is 19.4 Å². The number of nitrogens with zero attached hydrogens (tertiary/aromatic N) is 2. The summed E-state index contributed by atoms with van der Waals surface area (Å²) in [7, 11) is -3.67. The summed E-state index contributed by atoms with van der Waals surface area (Å²) in [5, 5.41) is 2.78. The average Bonchev–Trinajstić information content (AvgIpc) is 2.62. The van der Waals surface area contributed by atoms with Gasteiger partial charge in [-0.25, -0.2) is 8.42 Å². The lowest BCUT2D eigenvalue weighted by molar-refractivity contribution is -0.114. The molecular formula is C20H24ClN3O3S. The first-order valence-electron chi connectivity index (χ1n) is 9.09. The van der Waals surface area contributed by atoms with Crippen LogP contribution >= 0.6 is 11.6 Å². The number of nitrogens with one attached hydrogen (secondary N) is 1. The van der Waals surface area contributed by atoms with Crippen LogP contribution in [0, 0.1) is 6.92 Å². The molecule has 150 valence electrons. The molecule has 0 saturated carbocycles. The predicted octanol–water partition coefficient (Wildman–Crippen LogP) is 3.51.